The number of aromatic amines is 1. The fraction of sp³-hybridized carbons (Fsp3) is 0.500. The van der Waals surface area contributed by atoms with Crippen LogP contribution in [0.25, 0.3) is 10.9 Å². The van der Waals surface area contributed by atoms with Crippen molar-refractivity contribution in [2.75, 3.05) is 32.8 Å². The van der Waals surface area contributed by atoms with E-state index in [1.807, 2.05) is 24.0 Å². The number of ether oxygens (including phenoxy) is 1. The number of amides is 1. The Kier molecular flexibility index (Phi) is 4.24. The van der Waals surface area contributed by atoms with Crippen LogP contribution >= 0.6 is 11.6 Å². The molecule has 0 unspecified atom stereocenters. The van der Waals surface area contributed by atoms with Crippen LogP contribution in [0.1, 0.15) is 18.2 Å². The molecule has 128 valence electrons. The smallest absolute Gasteiger partial charge is 0.239 e. The molecule has 1 saturated heterocycles. The Morgan fingerprint density at radius 1 is 1.29 bits per heavy atom. The number of rotatable bonds is 2. The SMILES string of the molecule is C[C@@H](C(=O)N1CCc2[nH]c3c(Cl)cccc3c2C1)N1CCOCC1. The molecule has 0 aliphatic carbocycles. The minimum absolute atomic E-state index is 0.0933. The van der Waals surface area contributed by atoms with Gasteiger partial charge in [0.1, 0.15) is 0 Å². The number of halogens is 1. The second-order valence-electron chi connectivity index (χ2n) is 6.58. The molecule has 2 aliphatic heterocycles. The van der Waals surface area contributed by atoms with Crippen molar-refractivity contribution in [3.63, 3.8) is 0 Å². The van der Waals surface area contributed by atoms with Crippen LogP contribution in [0.15, 0.2) is 18.2 Å². The molecular formula is C18H22ClN3O2. The minimum Gasteiger partial charge on any atom is -0.379 e. The molecule has 0 bridgehead atoms. The van der Waals surface area contributed by atoms with Crippen LogP contribution in [0.2, 0.25) is 5.02 Å². The maximum atomic E-state index is 12.9. The number of fused-ring (bicyclic) bond motifs is 3. The van der Waals surface area contributed by atoms with Gasteiger partial charge in [0.15, 0.2) is 0 Å². The van der Waals surface area contributed by atoms with Gasteiger partial charge < -0.3 is 14.6 Å². The highest BCUT2D eigenvalue weighted by Gasteiger charge is 2.30. The summed E-state index contributed by atoms with van der Waals surface area (Å²) in [6.07, 6.45) is 0.849. The first-order valence-electron chi connectivity index (χ1n) is 8.53. The Hall–Kier alpha value is -1.56. The Bertz CT molecular complexity index is 767. The number of hydrogen-bond acceptors (Lipinski definition) is 3. The van der Waals surface area contributed by atoms with Gasteiger partial charge in [-0.1, -0.05) is 23.7 Å². The van der Waals surface area contributed by atoms with Crippen molar-refractivity contribution >= 4 is 28.4 Å². The van der Waals surface area contributed by atoms with Crippen LogP contribution < -0.4 is 0 Å². The topological polar surface area (TPSA) is 48.6 Å². The van der Waals surface area contributed by atoms with E-state index in [1.165, 1.54) is 11.3 Å². The summed E-state index contributed by atoms with van der Waals surface area (Å²) in [7, 11) is 0. The minimum atomic E-state index is -0.0933. The first kappa shape index (κ1) is 15.9. The van der Waals surface area contributed by atoms with Gasteiger partial charge in [0.05, 0.1) is 29.8 Å². The molecule has 0 spiro atoms. The second-order valence-corrected chi connectivity index (χ2v) is 6.99. The van der Waals surface area contributed by atoms with E-state index >= 15 is 0 Å². The number of morpholine rings is 1. The highest BCUT2D eigenvalue weighted by atomic mass is 35.5. The van der Waals surface area contributed by atoms with Gasteiger partial charge >= 0.3 is 0 Å². The third-order valence-corrected chi connectivity index (χ3v) is 5.54. The quantitative estimate of drug-likeness (QED) is 0.907. The summed E-state index contributed by atoms with van der Waals surface area (Å²) in [6, 6.07) is 5.85. The van der Waals surface area contributed by atoms with E-state index in [1.54, 1.807) is 0 Å². The van der Waals surface area contributed by atoms with E-state index in [9.17, 15) is 4.79 Å². The lowest BCUT2D eigenvalue weighted by Gasteiger charge is -2.36. The number of nitrogens with one attached hydrogen (secondary N) is 1. The summed E-state index contributed by atoms with van der Waals surface area (Å²) < 4.78 is 5.39. The summed E-state index contributed by atoms with van der Waals surface area (Å²) in [4.78, 5) is 20.6. The maximum Gasteiger partial charge on any atom is 0.239 e. The average Bonchev–Trinajstić information content (AvgIpc) is 3.00. The molecule has 1 aromatic heterocycles. The second kappa shape index (κ2) is 6.39. The van der Waals surface area contributed by atoms with Gasteiger partial charge in [-0.2, -0.15) is 0 Å². The number of hydrogen-bond donors (Lipinski definition) is 1. The summed E-state index contributed by atoms with van der Waals surface area (Å²) in [5.41, 5.74) is 3.40. The van der Waals surface area contributed by atoms with Crippen molar-refractivity contribution in [3.05, 3.63) is 34.5 Å². The maximum absolute atomic E-state index is 12.9. The van der Waals surface area contributed by atoms with Crippen LogP contribution in [0.4, 0.5) is 0 Å². The molecule has 6 heteroatoms. The normalized spacial score (nSPS) is 20.2. The van der Waals surface area contributed by atoms with E-state index in [0.717, 1.165) is 42.0 Å². The summed E-state index contributed by atoms with van der Waals surface area (Å²) in [5.74, 6) is 0.207. The van der Waals surface area contributed by atoms with E-state index in [2.05, 4.69) is 16.0 Å². The molecule has 24 heavy (non-hydrogen) atoms. The third kappa shape index (κ3) is 2.70. The molecule has 1 N–H and O–H groups in total. The van der Waals surface area contributed by atoms with E-state index < -0.39 is 0 Å². The van der Waals surface area contributed by atoms with Gasteiger partial charge in [0.2, 0.25) is 5.91 Å². The van der Waals surface area contributed by atoms with E-state index in [4.69, 9.17) is 16.3 Å². The van der Waals surface area contributed by atoms with Crippen LogP contribution in [0, 0.1) is 0 Å². The molecule has 0 saturated carbocycles. The summed E-state index contributed by atoms with van der Waals surface area (Å²) in [5, 5.41) is 1.87. The molecule has 0 radical (unpaired) electrons. The molecule has 2 aliphatic rings. The van der Waals surface area contributed by atoms with Gasteiger partial charge in [-0.05, 0) is 13.0 Å². The van der Waals surface area contributed by atoms with Crippen molar-refractivity contribution in [1.82, 2.24) is 14.8 Å². The van der Waals surface area contributed by atoms with Crippen LogP contribution in [0.3, 0.4) is 0 Å². The summed E-state index contributed by atoms with van der Waals surface area (Å²) >= 11 is 6.30. The Morgan fingerprint density at radius 2 is 2.08 bits per heavy atom. The first-order valence-corrected chi connectivity index (χ1v) is 8.91. The lowest BCUT2D eigenvalue weighted by Crippen LogP contribution is -2.51. The Balaban J connectivity index is 1.56. The van der Waals surface area contributed by atoms with Crippen LogP contribution in [-0.2, 0) is 22.5 Å². The first-order chi connectivity index (χ1) is 11.6. The monoisotopic (exact) mass is 347 g/mol. The van der Waals surface area contributed by atoms with E-state index in [-0.39, 0.29) is 11.9 Å². The van der Waals surface area contributed by atoms with E-state index in [0.29, 0.717) is 19.8 Å². The Labute approximate surface area is 146 Å². The number of benzene rings is 1. The number of H-pyrrole nitrogens is 1. The molecule has 1 amide bonds. The highest BCUT2D eigenvalue weighted by molar-refractivity contribution is 6.35. The number of carbonyl (C=O) groups is 1. The zero-order valence-corrected chi connectivity index (χ0v) is 14.6. The van der Waals surface area contributed by atoms with Crippen molar-refractivity contribution < 1.29 is 9.53 Å². The molecule has 5 nitrogen and oxygen atoms in total. The lowest BCUT2D eigenvalue weighted by atomic mass is 10.0. The predicted molar refractivity (Wildman–Crippen MR) is 94.3 cm³/mol. The third-order valence-electron chi connectivity index (χ3n) is 5.22. The number of carbonyl (C=O) groups excluding carboxylic acids is 1. The predicted octanol–water partition coefficient (Wildman–Crippen LogP) is 2.43. The van der Waals surface area contributed by atoms with Crippen molar-refractivity contribution in [2.24, 2.45) is 0 Å². The van der Waals surface area contributed by atoms with Crippen molar-refractivity contribution in [2.45, 2.75) is 25.9 Å². The molecule has 1 aromatic carbocycles. The average molecular weight is 348 g/mol. The van der Waals surface area contributed by atoms with Crippen molar-refractivity contribution in [1.29, 1.82) is 0 Å². The number of aromatic nitrogens is 1. The van der Waals surface area contributed by atoms with Gasteiger partial charge in [0.25, 0.3) is 0 Å². The van der Waals surface area contributed by atoms with Gasteiger partial charge in [-0.15, -0.1) is 0 Å². The molecule has 1 atom stereocenters. The van der Waals surface area contributed by atoms with Crippen molar-refractivity contribution in [3.8, 4) is 0 Å². The van der Waals surface area contributed by atoms with Gasteiger partial charge in [-0.3, -0.25) is 9.69 Å². The zero-order valence-electron chi connectivity index (χ0n) is 13.8. The highest BCUT2D eigenvalue weighted by Crippen LogP contribution is 2.31. The molecular weight excluding hydrogens is 326 g/mol. The molecule has 3 heterocycles. The van der Waals surface area contributed by atoms with Crippen LogP contribution in [0.5, 0.6) is 0 Å². The fourth-order valence-electron chi connectivity index (χ4n) is 3.78. The van der Waals surface area contributed by atoms with Gasteiger partial charge in [0, 0.05) is 49.2 Å². The molecule has 1 fully saturated rings. The van der Waals surface area contributed by atoms with Gasteiger partial charge in [-0.25, -0.2) is 0 Å². The summed E-state index contributed by atoms with van der Waals surface area (Å²) in [6.45, 7) is 6.50. The largest absolute Gasteiger partial charge is 0.379 e. The molecule has 2 aromatic rings. The number of para-hydroxylation sites is 1. The lowest BCUT2D eigenvalue weighted by molar-refractivity contribution is -0.139. The molecule has 4 rings (SSSR count). The fourth-order valence-corrected chi connectivity index (χ4v) is 4.00. The zero-order chi connectivity index (χ0) is 16.7. The standard InChI is InChI=1S/C18H22ClN3O2/c1-12(21-7-9-24-10-8-21)18(23)22-6-5-16-14(11-22)13-3-2-4-15(19)17(13)20-16/h2-4,12,20H,5-11H2,1H3/t12-/m0/s1. The Morgan fingerprint density at radius 3 is 2.88 bits per heavy atom. The van der Waals surface area contributed by atoms with Crippen LogP contribution in [-0.4, -0.2) is 59.6 Å². The number of nitrogens with zero attached hydrogens (tertiary/aromatic N) is 2.